The van der Waals surface area contributed by atoms with Gasteiger partial charge in [0.25, 0.3) is 0 Å². The summed E-state index contributed by atoms with van der Waals surface area (Å²) in [6.45, 7) is 5.71. The molecule has 0 bridgehead atoms. The van der Waals surface area contributed by atoms with Gasteiger partial charge in [-0.1, -0.05) is 55.2 Å². The number of rotatable bonds is 3. The predicted octanol–water partition coefficient (Wildman–Crippen LogP) is 4.73. The molecular formula is C19H16N2. The van der Waals surface area contributed by atoms with Crippen molar-refractivity contribution < 1.29 is 0 Å². The number of fused-ring (bicyclic) bond motifs is 2. The van der Waals surface area contributed by atoms with E-state index in [1.54, 1.807) is 6.08 Å². The molecule has 2 nitrogen and oxygen atoms in total. The summed E-state index contributed by atoms with van der Waals surface area (Å²) in [7, 11) is 0. The summed E-state index contributed by atoms with van der Waals surface area (Å²) in [6.07, 6.45) is 13.8. The Morgan fingerprint density at radius 1 is 0.905 bits per heavy atom. The minimum Gasteiger partial charge on any atom is -0.244 e. The van der Waals surface area contributed by atoms with Gasteiger partial charge in [-0.15, -0.1) is 0 Å². The number of nitrogens with zero attached hydrogens (tertiary/aromatic N) is 2. The highest BCUT2D eigenvalue weighted by Crippen LogP contribution is 2.33. The summed E-state index contributed by atoms with van der Waals surface area (Å²) in [4.78, 5) is 9.47. The molecule has 1 aliphatic carbocycles. The second-order valence-electron chi connectivity index (χ2n) is 4.86. The quantitative estimate of drug-likeness (QED) is 0.755. The summed E-state index contributed by atoms with van der Waals surface area (Å²) < 4.78 is 0. The summed E-state index contributed by atoms with van der Waals surface area (Å²) in [5.41, 5.74) is 6.07. The van der Waals surface area contributed by atoms with Gasteiger partial charge < -0.3 is 0 Å². The van der Waals surface area contributed by atoms with E-state index in [9.17, 15) is 0 Å². The Morgan fingerprint density at radius 2 is 1.57 bits per heavy atom. The molecule has 0 amide bonds. The van der Waals surface area contributed by atoms with E-state index in [0.29, 0.717) is 0 Å². The van der Waals surface area contributed by atoms with E-state index in [-0.39, 0.29) is 0 Å². The molecule has 2 heteroatoms. The van der Waals surface area contributed by atoms with Gasteiger partial charge in [-0.3, -0.25) is 0 Å². The van der Waals surface area contributed by atoms with Gasteiger partial charge in [-0.25, -0.2) is 9.97 Å². The minimum absolute atomic E-state index is 0.931. The Labute approximate surface area is 124 Å². The van der Waals surface area contributed by atoms with Crippen LogP contribution in [0.4, 0.5) is 0 Å². The van der Waals surface area contributed by atoms with Gasteiger partial charge in [0.05, 0.1) is 22.4 Å². The number of aromatic nitrogens is 2. The van der Waals surface area contributed by atoms with E-state index in [1.165, 1.54) is 0 Å². The third-order valence-electron chi connectivity index (χ3n) is 3.33. The number of hydrogen-bond donors (Lipinski definition) is 0. The van der Waals surface area contributed by atoms with Crippen LogP contribution in [-0.4, -0.2) is 9.97 Å². The fraction of sp³-hybridized carbons (Fsp3) is 0.0526. The highest BCUT2D eigenvalue weighted by atomic mass is 14.8. The smallest absolute Gasteiger partial charge is 0.0969 e. The molecule has 1 aliphatic rings. The summed E-state index contributed by atoms with van der Waals surface area (Å²) >= 11 is 0. The standard InChI is InChI=1S/C19H16N2/c1-3-4-5-6-7-10-15-13-14(2)18-19(15)21-17-12-9-8-11-16(17)20-18/h3-13H,1H2,2H3/b5-4+,7-6-,15-10+. The number of benzene rings is 1. The Hall–Kier alpha value is -2.74. The van der Waals surface area contributed by atoms with Crippen molar-refractivity contribution in [1.29, 1.82) is 0 Å². The maximum Gasteiger partial charge on any atom is 0.0969 e. The van der Waals surface area contributed by atoms with Crippen LogP contribution in [0.3, 0.4) is 0 Å². The fourth-order valence-electron chi connectivity index (χ4n) is 2.34. The Balaban J connectivity index is 2.03. The zero-order chi connectivity index (χ0) is 14.7. The zero-order valence-electron chi connectivity index (χ0n) is 12.0. The molecule has 0 saturated heterocycles. The van der Waals surface area contributed by atoms with Crippen molar-refractivity contribution in [2.75, 3.05) is 0 Å². The molecule has 0 spiro atoms. The lowest BCUT2D eigenvalue weighted by Gasteiger charge is -2.03. The minimum atomic E-state index is 0.931. The second-order valence-corrected chi connectivity index (χ2v) is 4.86. The molecule has 0 saturated carbocycles. The fourth-order valence-corrected chi connectivity index (χ4v) is 2.34. The van der Waals surface area contributed by atoms with E-state index in [2.05, 4.69) is 25.7 Å². The molecule has 1 aromatic heterocycles. The van der Waals surface area contributed by atoms with Crippen molar-refractivity contribution in [1.82, 2.24) is 9.97 Å². The van der Waals surface area contributed by atoms with E-state index in [4.69, 9.17) is 9.97 Å². The summed E-state index contributed by atoms with van der Waals surface area (Å²) in [6, 6.07) is 7.97. The van der Waals surface area contributed by atoms with Crippen molar-refractivity contribution in [2.24, 2.45) is 0 Å². The van der Waals surface area contributed by atoms with Crippen LogP contribution in [0.25, 0.3) is 22.2 Å². The molecule has 0 fully saturated rings. The van der Waals surface area contributed by atoms with Crippen molar-refractivity contribution >= 4 is 22.2 Å². The van der Waals surface area contributed by atoms with Crippen molar-refractivity contribution in [3.8, 4) is 0 Å². The van der Waals surface area contributed by atoms with E-state index >= 15 is 0 Å². The van der Waals surface area contributed by atoms with Gasteiger partial charge in [-0.2, -0.15) is 0 Å². The van der Waals surface area contributed by atoms with Gasteiger partial charge in [0.15, 0.2) is 0 Å². The van der Waals surface area contributed by atoms with E-state index < -0.39 is 0 Å². The first-order valence-corrected chi connectivity index (χ1v) is 6.91. The van der Waals surface area contributed by atoms with Crippen LogP contribution < -0.4 is 0 Å². The van der Waals surface area contributed by atoms with Crippen LogP contribution in [0.2, 0.25) is 0 Å². The zero-order valence-corrected chi connectivity index (χ0v) is 12.0. The first-order valence-electron chi connectivity index (χ1n) is 6.91. The van der Waals surface area contributed by atoms with Crippen LogP contribution in [0.15, 0.2) is 73.4 Å². The molecule has 1 heterocycles. The topological polar surface area (TPSA) is 25.8 Å². The Morgan fingerprint density at radius 3 is 2.29 bits per heavy atom. The third-order valence-corrected chi connectivity index (χ3v) is 3.33. The monoisotopic (exact) mass is 272 g/mol. The first-order chi connectivity index (χ1) is 10.3. The largest absolute Gasteiger partial charge is 0.244 e. The molecule has 3 rings (SSSR count). The highest BCUT2D eigenvalue weighted by Gasteiger charge is 2.18. The average Bonchev–Trinajstić information content (AvgIpc) is 2.81. The van der Waals surface area contributed by atoms with Crippen molar-refractivity contribution in [2.45, 2.75) is 6.92 Å². The van der Waals surface area contributed by atoms with Gasteiger partial charge in [-0.05, 0) is 30.7 Å². The maximum absolute atomic E-state index is 4.75. The molecule has 0 atom stereocenters. The van der Waals surface area contributed by atoms with Crippen LogP contribution in [0.5, 0.6) is 0 Å². The number of para-hydroxylation sites is 2. The Bertz CT molecular complexity index is 821. The molecule has 2 aromatic rings. The van der Waals surface area contributed by atoms with E-state index in [0.717, 1.165) is 33.6 Å². The van der Waals surface area contributed by atoms with Crippen molar-refractivity contribution in [3.05, 3.63) is 84.8 Å². The summed E-state index contributed by atoms with van der Waals surface area (Å²) in [5.74, 6) is 0. The van der Waals surface area contributed by atoms with Gasteiger partial charge >= 0.3 is 0 Å². The van der Waals surface area contributed by atoms with Gasteiger partial charge in [0.1, 0.15) is 0 Å². The van der Waals surface area contributed by atoms with Crippen LogP contribution in [0.1, 0.15) is 18.3 Å². The van der Waals surface area contributed by atoms with Crippen LogP contribution in [0, 0.1) is 0 Å². The molecule has 21 heavy (non-hydrogen) atoms. The number of allylic oxidation sites excluding steroid dienone is 9. The van der Waals surface area contributed by atoms with Gasteiger partial charge in [0, 0.05) is 5.57 Å². The summed E-state index contributed by atoms with van der Waals surface area (Å²) in [5, 5.41) is 0. The normalized spacial score (nSPS) is 16.0. The average molecular weight is 272 g/mol. The number of hydrogen-bond acceptors (Lipinski definition) is 2. The lowest BCUT2D eigenvalue weighted by molar-refractivity contribution is 1.23. The van der Waals surface area contributed by atoms with Crippen LogP contribution in [-0.2, 0) is 0 Å². The lowest BCUT2D eigenvalue weighted by atomic mass is 10.2. The molecule has 1 aromatic carbocycles. The SMILES string of the molecule is C=C/C=C/C=C\C=C1/C=C(C)c2nc3ccccc3nc21. The molecule has 102 valence electrons. The van der Waals surface area contributed by atoms with Gasteiger partial charge in [0.2, 0.25) is 0 Å². The maximum atomic E-state index is 4.75. The molecule has 0 N–H and O–H groups in total. The van der Waals surface area contributed by atoms with E-state index in [1.807, 2.05) is 48.6 Å². The second kappa shape index (κ2) is 5.71. The highest BCUT2D eigenvalue weighted by molar-refractivity contribution is 5.95. The lowest BCUT2D eigenvalue weighted by Crippen LogP contribution is -1.94. The Kier molecular flexibility index (Phi) is 3.61. The third kappa shape index (κ3) is 2.61. The molecular weight excluding hydrogens is 256 g/mol. The molecule has 0 unspecified atom stereocenters. The van der Waals surface area contributed by atoms with Crippen molar-refractivity contribution in [3.63, 3.8) is 0 Å². The first kappa shape index (κ1) is 13.3. The molecule has 0 aliphatic heterocycles. The van der Waals surface area contributed by atoms with Crippen LogP contribution >= 0.6 is 0 Å². The predicted molar refractivity (Wildman–Crippen MR) is 89.6 cm³/mol. The molecule has 0 radical (unpaired) electrons.